The largest absolute Gasteiger partial charge is 0.0622 e. The molecule has 0 aromatic heterocycles. The van der Waals surface area contributed by atoms with E-state index in [4.69, 9.17) is 0 Å². The summed E-state index contributed by atoms with van der Waals surface area (Å²) >= 11 is 0. The molecule has 1 aromatic carbocycles. The maximum absolute atomic E-state index is 2.23. The van der Waals surface area contributed by atoms with E-state index in [-0.39, 0.29) is 0 Å². The summed E-state index contributed by atoms with van der Waals surface area (Å²) in [6.45, 7) is 0. The molecule has 0 fully saturated rings. The average Bonchev–Trinajstić information content (AvgIpc) is 1.90. The first-order valence-electron chi connectivity index (χ1n) is 3.35. The van der Waals surface area contributed by atoms with E-state index in [1.54, 1.807) is 0 Å². The molecule has 0 aliphatic rings. The van der Waals surface area contributed by atoms with E-state index in [9.17, 15) is 0 Å². The zero-order chi connectivity index (χ0) is 6.69. The molecule has 1 aromatic rings. The van der Waals surface area contributed by atoms with Gasteiger partial charge in [0.25, 0.3) is 0 Å². The van der Waals surface area contributed by atoms with Crippen LogP contribution in [0.1, 0.15) is 10.7 Å². The van der Waals surface area contributed by atoms with Crippen LogP contribution in [0.5, 0.6) is 0 Å². The zero-order valence-electron chi connectivity index (χ0n) is 5.96. The van der Waals surface area contributed by atoms with Crippen molar-refractivity contribution in [1.82, 2.24) is 0 Å². The van der Waals surface area contributed by atoms with Crippen molar-refractivity contribution in [3.05, 3.63) is 35.9 Å². The van der Waals surface area contributed by atoms with Crippen molar-refractivity contribution in [2.75, 3.05) is 0 Å². The second-order valence-electron chi connectivity index (χ2n) is 2.57. The maximum Gasteiger partial charge on any atom is 0.00781 e. The molecule has 0 atom stereocenters. The molecule has 0 unspecified atom stereocenters. The molecular formula is C7H12Si2. The molecule has 0 spiro atoms. The minimum Gasteiger partial charge on any atom is -0.0622 e. The van der Waals surface area contributed by atoms with Gasteiger partial charge in [-0.25, -0.2) is 0 Å². The fraction of sp³-hybridized carbons (Fsp3) is 0.143. The molecule has 9 heavy (non-hydrogen) atoms. The Kier molecular flexibility index (Phi) is 2.25. The van der Waals surface area contributed by atoms with Crippen molar-refractivity contribution in [2.45, 2.75) is 5.16 Å². The molecule has 0 aliphatic carbocycles. The first kappa shape index (κ1) is 6.77. The SMILES string of the molecule is [SiH3]C([SiH3])c1ccccc1. The van der Waals surface area contributed by atoms with E-state index in [1.807, 2.05) is 0 Å². The van der Waals surface area contributed by atoms with Crippen molar-refractivity contribution in [3.63, 3.8) is 0 Å². The van der Waals surface area contributed by atoms with Gasteiger partial charge in [0.2, 0.25) is 0 Å². The first-order chi connectivity index (χ1) is 4.30. The summed E-state index contributed by atoms with van der Waals surface area (Å²) in [6.07, 6.45) is 0. The van der Waals surface area contributed by atoms with Gasteiger partial charge in [0.15, 0.2) is 0 Å². The average molecular weight is 152 g/mol. The maximum atomic E-state index is 2.23. The lowest BCUT2D eigenvalue weighted by Gasteiger charge is -2.01. The lowest BCUT2D eigenvalue weighted by Crippen LogP contribution is -1.94. The van der Waals surface area contributed by atoms with Crippen LogP contribution in [-0.2, 0) is 0 Å². The minimum absolute atomic E-state index is 0.936. The second-order valence-corrected chi connectivity index (χ2v) is 8.34. The number of benzene rings is 1. The predicted octanol–water partition coefficient (Wildman–Crippen LogP) is -0.584. The van der Waals surface area contributed by atoms with E-state index in [0.717, 1.165) is 5.16 Å². The third-order valence-electron chi connectivity index (χ3n) is 1.47. The van der Waals surface area contributed by atoms with Gasteiger partial charge in [0, 0.05) is 20.5 Å². The topological polar surface area (TPSA) is 0 Å². The molecule has 0 radical (unpaired) electrons. The monoisotopic (exact) mass is 152 g/mol. The van der Waals surface area contributed by atoms with Crippen molar-refractivity contribution in [1.29, 1.82) is 0 Å². The van der Waals surface area contributed by atoms with Crippen LogP contribution in [0.15, 0.2) is 30.3 Å². The van der Waals surface area contributed by atoms with Crippen LogP contribution in [0, 0.1) is 0 Å². The Hall–Kier alpha value is -0.346. The molecule has 0 N–H and O–H groups in total. The molecule has 48 valence electrons. The smallest absolute Gasteiger partial charge is 0.00781 e. The fourth-order valence-electron chi connectivity index (χ4n) is 0.838. The van der Waals surface area contributed by atoms with Gasteiger partial charge in [-0.3, -0.25) is 0 Å². The Labute approximate surface area is 62.1 Å². The van der Waals surface area contributed by atoms with Gasteiger partial charge in [-0.15, -0.1) is 0 Å². The number of hydrogen-bond donors (Lipinski definition) is 0. The van der Waals surface area contributed by atoms with Gasteiger partial charge in [-0.2, -0.15) is 0 Å². The molecule has 0 aliphatic heterocycles. The third-order valence-corrected chi connectivity index (χ3v) is 2.80. The Morgan fingerprint density at radius 2 is 1.56 bits per heavy atom. The summed E-state index contributed by atoms with van der Waals surface area (Å²) in [6, 6.07) is 10.8. The molecule has 0 bridgehead atoms. The van der Waals surface area contributed by atoms with E-state index in [2.05, 4.69) is 30.3 Å². The van der Waals surface area contributed by atoms with Gasteiger partial charge < -0.3 is 0 Å². The van der Waals surface area contributed by atoms with Crippen LogP contribution < -0.4 is 0 Å². The normalized spacial score (nSPS) is 13.8. The summed E-state index contributed by atoms with van der Waals surface area (Å²) in [5.41, 5.74) is 1.54. The van der Waals surface area contributed by atoms with Crippen LogP contribution in [0.2, 0.25) is 0 Å². The molecule has 0 saturated carbocycles. The summed E-state index contributed by atoms with van der Waals surface area (Å²) in [7, 11) is 2.64. The van der Waals surface area contributed by atoms with Gasteiger partial charge in [-0.1, -0.05) is 35.9 Å². The summed E-state index contributed by atoms with van der Waals surface area (Å²) in [5, 5.41) is 0.936. The van der Waals surface area contributed by atoms with Crippen LogP contribution in [0.25, 0.3) is 0 Å². The minimum atomic E-state index is 0.936. The third kappa shape index (κ3) is 1.80. The van der Waals surface area contributed by atoms with Crippen molar-refractivity contribution < 1.29 is 0 Å². The van der Waals surface area contributed by atoms with Gasteiger partial charge in [0.05, 0.1) is 0 Å². The Bertz CT molecular complexity index is 170. The molecule has 2 heteroatoms. The highest BCUT2D eigenvalue weighted by atomic mass is 28.2. The Morgan fingerprint density at radius 1 is 1.00 bits per heavy atom. The first-order valence-corrected chi connectivity index (χ1v) is 5.66. The van der Waals surface area contributed by atoms with E-state index < -0.39 is 0 Å². The standard InChI is InChI=1S/C7H12Si2/c8-7(9)6-4-2-1-3-5-6/h1-5,7H,8-9H3. The number of hydrogen-bond acceptors (Lipinski definition) is 0. The van der Waals surface area contributed by atoms with Crippen LogP contribution in [0.4, 0.5) is 0 Å². The van der Waals surface area contributed by atoms with Crippen molar-refractivity contribution in [3.8, 4) is 0 Å². The zero-order valence-corrected chi connectivity index (χ0v) is 9.96. The molecular weight excluding hydrogens is 140 g/mol. The lowest BCUT2D eigenvalue weighted by atomic mass is 10.2. The molecule has 0 saturated heterocycles. The summed E-state index contributed by atoms with van der Waals surface area (Å²) in [4.78, 5) is 0. The molecule has 0 nitrogen and oxygen atoms in total. The van der Waals surface area contributed by atoms with Gasteiger partial charge in [0.1, 0.15) is 0 Å². The fourth-order valence-corrected chi connectivity index (χ4v) is 1.61. The molecule has 0 heterocycles. The Morgan fingerprint density at radius 3 is 1.89 bits per heavy atom. The van der Waals surface area contributed by atoms with E-state index in [0.29, 0.717) is 0 Å². The highest BCUT2D eigenvalue weighted by Gasteiger charge is 1.93. The predicted molar refractivity (Wildman–Crippen MR) is 49.1 cm³/mol. The van der Waals surface area contributed by atoms with Crippen LogP contribution in [-0.4, -0.2) is 20.5 Å². The van der Waals surface area contributed by atoms with Crippen LogP contribution in [0.3, 0.4) is 0 Å². The Balaban J connectivity index is 2.85. The van der Waals surface area contributed by atoms with E-state index >= 15 is 0 Å². The lowest BCUT2D eigenvalue weighted by molar-refractivity contribution is 1.35. The van der Waals surface area contributed by atoms with Gasteiger partial charge in [-0.05, 0) is 5.16 Å². The second kappa shape index (κ2) is 2.99. The summed E-state index contributed by atoms with van der Waals surface area (Å²) < 4.78 is 0. The highest BCUT2D eigenvalue weighted by Crippen LogP contribution is 2.05. The quantitative estimate of drug-likeness (QED) is 0.472. The summed E-state index contributed by atoms with van der Waals surface area (Å²) in [5.74, 6) is 0. The van der Waals surface area contributed by atoms with E-state index in [1.165, 1.54) is 26.0 Å². The molecule has 1 rings (SSSR count). The molecule has 0 amide bonds. The van der Waals surface area contributed by atoms with Crippen molar-refractivity contribution in [2.24, 2.45) is 0 Å². The van der Waals surface area contributed by atoms with Gasteiger partial charge >= 0.3 is 0 Å². The van der Waals surface area contributed by atoms with Crippen LogP contribution >= 0.6 is 0 Å². The number of rotatable bonds is 1. The van der Waals surface area contributed by atoms with Crippen molar-refractivity contribution >= 4 is 20.5 Å². The highest BCUT2D eigenvalue weighted by molar-refractivity contribution is 6.35.